The van der Waals surface area contributed by atoms with E-state index in [9.17, 15) is 4.79 Å². The van der Waals surface area contributed by atoms with Crippen molar-refractivity contribution >= 4 is 39.2 Å². The van der Waals surface area contributed by atoms with Crippen molar-refractivity contribution in [3.8, 4) is 22.6 Å². The zero-order valence-electron chi connectivity index (χ0n) is 16.3. The van der Waals surface area contributed by atoms with Crippen molar-refractivity contribution in [2.45, 2.75) is 18.9 Å². The monoisotopic (exact) mass is 427 g/mol. The average Bonchev–Trinajstić information content (AvgIpc) is 3.18. The number of aromatic nitrogens is 6. The van der Waals surface area contributed by atoms with Gasteiger partial charge < -0.3 is 5.73 Å². The van der Waals surface area contributed by atoms with Crippen LogP contribution in [0.1, 0.15) is 24.4 Å². The topological polar surface area (TPSA) is 104 Å². The summed E-state index contributed by atoms with van der Waals surface area (Å²) in [6.07, 6.45) is 12.7. The molecule has 1 amide bonds. The van der Waals surface area contributed by atoms with Gasteiger partial charge in [-0.2, -0.15) is 5.10 Å². The van der Waals surface area contributed by atoms with Crippen LogP contribution in [0.15, 0.2) is 54.6 Å². The third-order valence-electron chi connectivity index (χ3n) is 5.43. The first-order valence-electron chi connectivity index (χ1n) is 9.91. The third-order valence-corrected chi connectivity index (χ3v) is 6.19. The van der Waals surface area contributed by atoms with Crippen LogP contribution >= 0.6 is 11.3 Å². The maximum Gasteiger partial charge on any atom is 0.241 e. The Balaban J connectivity index is 1.63. The van der Waals surface area contributed by atoms with Gasteiger partial charge in [0, 0.05) is 41.0 Å². The standard InChI is InChI=1S/C22H17N7OS/c23-19(30)6-4-14-15(3-5-17-16(14)11-24-12-25-17)21-20(26-22-28(21)9-10-31-22)18-7-8-29(27-18)13-1-2-13/h3-13H,1-2H2,(H2,23,30)/b6-4+. The van der Waals surface area contributed by atoms with Crippen LogP contribution < -0.4 is 5.73 Å². The molecular formula is C22H17N7OS. The van der Waals surface area contributed by atoms with Crippen LogP contribution in [0.2, 0.25) is 0 Å². The van der Waals surface area contributed by atoms with Crippen molar-refractivity contribution in [3.05, 3.63) is 60.1 Å². The molecule has 0 unspecified atom stereocenters. The van der Waals surface area contributed by atoms with Gasteiger partial charge in [-0.3, -0.25) is 13.9 Å². The molecule has 1 saturated carbocycles. The average molecular weight is 427 g/mol. The number of hydrogen-bond acceptors (Lipinski definition) is 6. The van der Waals surface area contributed by atoms with E-state index in [0.717, 1.165) is 44.1 Å². The summed E-state index contributed by atoms with van der Waals surface area (Å²) in [6.45, 7) is 0. The number of carbonyl (C=O) groups is 1. The maximum absolute atomic E-state index is 11.5. The Labute approximate surface area is 180 Å². The van der Waals surface area contributed by atoms with Gasteiger partial charge >= 0.3 is 0 Å². The molecule has 1 fully saturated rings. The zero-order chi connectivity index (χ0) is 20.9. The molecule has 1 aromatic carbocycles. The normalized spacial score (nSPS) is 14.2. The van der Waals surface area contributed by atoms with Crippen LogP contribution in [0.3, 0.4) is 0 Å². The van der Waals surface area contributed by atoms with Crippen LogP contribution in [-0.4, -0.2) is 35.0 Å². The summed E-state index contributed by atoms with van der Waals surface area (Å²) >= 11 is 1.57. The fourth-order valence-corrected chi connectivity index (χ4v) is 4.57. The number of rotatable bonds is 5. The van der Waals surface area contributed by atoms with Crippen LogP contribution in [0.25, 0.3) is 44.6 Å². The van der Waals surface area contributed by atoms with Gasteiger partial charge in [0.15, 0.2) is 4.96 Å². The molecule has 4 aromatic heterocycles. The Morgan fingerprint density at radius 3 is 2.97 bits per heavy atom. The molecule has 1 aliphatic rings. The molecule has 8 nitrogen and oxygen atoms in total. The van der Waals surface area contributed by atoms with E-state index in [-0.39, 0.29) is 0 Å². The largest absolute Gasteiger partial charge is 0.366 e. The highest BCUT2D eigenvalue weighted by molar-refractivity contribution is 7.15. The van der Waals surface area contributed by atoms with E-state index >= 15 is 0 Å². The molecule has 2 N–H and O–H groups in total. The lowest BCUT2D eigenvalue weighted by molar-refractivity contribution is -0.113. The summed E-state index contributed by atoms with van der Waals surface area (Å²) in [5, 5.41) is 7.63. The predicted octanol–water partition coefficient (Wildman–Crippen LogP) is 3.70. The van der Waals surface area contributed by atoms with Crippen LogP contribution in [0.5, 0.6) is 0 Å². The lowest BCUT2D eigenvalue weighted by Gasteiger charge is -2.10. The highest BCUT2D eigenvalue weighted by Crippen LogP contribution is 2.39. The van der Waals surface area contributed by atoms with Gasteiger partial charge in [-0.15, -0.1) is 11.3 Å². The summed E-state index contributed by atoms with van der Waals surface area (Å²) in [5.41, 5.74) is 10.4. The number of primary amides is 1. The fourth-order valence-electron chi connectivity index (χ4n) is 3.86. The summed E-state index contributed by atoms with van der Waals surface area (Å²) in [4.78, 5) is 25.8. The molecule has 1 aliphatic carbocycles. The molecule has 6 rings (SSSR count). The van der Waals surface area contributed by atoms with E-state index in [1.54, 1.807) is 23.6 Å². The summed E-state index contributed by atoms with van der Waals surface area (Å²) in [7, 11) is 0. The lowest BCUT2D eigenvalue weighted by atomic mass is 9.97. The van der Waals surface area contributed by atoms with Gasteiger partial charge in [0.2, 0.25) is 5.91 Å². The molecule has 0 saturated heterocycles. The van der Waals surface area contributed by atoms with Crippen molar-refractivity contribution in [2.24, 2.45) is 5.73 Å². The number of fused-ring (bicyclic) bond motifs is 2. The van der Waals surface area contributed by atoms with Gasteiger partial charge in [0.1, 0.15) is 17.7 Å². The first kappa shape index (κ1) is 18.0. The Kier molecular flexibility index (Phi) is 3.97. The van der Waals surface area contributed by atoms with Gasteiger partial charge in [-0.1, -0.05) is 0 Å². The minimum atomic E-state index is -0.517. The second kappa shape index (κ2) is 6.85. The Morgan fingerprint density at radius 1 is 1.23 bits per heavy atom. The fraction of sp³-hybridized carbons (Fsp3) is 0.136. The van der Waals surface area contributed by atoms with Gasteiger partial charge in [0.05, 0.1) is 17.3 Å². The lowest BCUT2D eigenvalue weighted by Crippen LogP contribution is -2.05. The summed E-state index contributed by atoms with van der Waals surface area (Å²) < 4.78 is 4.08. The van der Waals surface area contributed by atoms with Crippen molar-refractivity contribution < 1.29 is 4.79 Å². The Hall–Kier alpha value is -3.85. The molecule has 0 aliphatic heterocycles. The van der Waals surface area contributed by atoms with Gasteiger partial charge in [-0.25, -0.2) is 15.0 Å². The minimum absolute atomic E-state index is 0.493. The molecule has 152 valence electrons. The number of carbonyl (C=O) groups excluding carboxylic acids is 1. The van der Waals surface area contributed by atoms with Gasteiger partial charge in [-0.05, 0) is 42.7 Å². The highest BCUT2D eigenvalue weighted by atomic mass is 32.1. The van der Waals surface area contributed by atoms with Crippen molar-refractivity contribution in [1.82, 2.24) is 29.1 Å². The predicted molar refractivity (Wildman–Crippen MR) is 119 cm³/mol. The van der Waals surface area contributed by atoms with Crippen molar-refractivity contribution in [2.75, 3.05) is 0 Å². The molecular weight excluding hydrogens is 410 g/mol. The molecule has 4 heterocycles. The molecule has 0 spiro atoms. The number of thiazole rings is 1. The number of amides is 1. The highest BCUT2D eigenvalue weighted by Gasteiger charge is 2.26. The van der Waals surface area contributed by atoms with E-state index in [1.165, 1.54) is 25.2 Å². The molecule has 5 aromatic rings. The molecule has 9 heteroatoms. The third kappa shape index (κ3) is 3.01. The second-order valence-corrected chi connectivity index (χ2v) is 8.37. The summed E-state index contributed by atoms with van der Waals surface area (Å²) in [5.74, 6) is -0.517. The van der Waals surface area contributed by atoms with Crippen LogP contribution in [0.4, 0.5) is 0 Å². The number of imidazole rings is 1. The van der Waals surface area contributed by atoms with E-state index in [0.29, 0.717) is 6.04 Å². The molecule has 0 atom stereocenters. The molecule has 0 radical (unpaired) electrons. The van der Waals surface area contributed by atoms with E-state index in [1.807, 2.05) is 40.7 Å². The Morgan fingerprint density at radius 2 is 2.13 bits per heavy atom. The van der Waals surface area contributed by atoms with Crippen LogP contribution in [-0.2, 0) is 4.79 Å². The minimum Gasteiger partial charge on any atom is -0.366 e. The van der Waals surface area contributed by atoms with E-state index in [4.69, 9.17) is 15.8 Å². The molecule has 0 bridgehead atoms. The maximum atomic E-state index is 11.5. The number of hydrogen-bond donors (Lipinski definition) is 1. The first-order valence-corrected chi connectivity index (χ1v) is 10.8. The van der Waals surface area contributed by atoms with Crippen molar-refractivity contribution in [1.29, 1.82) is 0 Å². The van der Waals surface area contributed by atoms with E-state index in [2.05, 4.69) is 14.4 Å². The number of benzene rings is 1. The zero-order valence-corrected chi connectivity index (χ0v) is 17.2. The second-order valence-electron chi connectivity index (χ2n) is 7.49. The Bertz CT molecular complexity index is 1490. The van der Waals surface area contributed by atoms with Crippen molar-refractivity contribution in [3.63, 3.8) is 0 Å². The molecule has 31 heavy (non-hydrogen) atoms. The quantitative estimate of drug-likeness (QED) is 0.431. The van der Waals surface area contributed by atoms with Gasteiger partial charge in [0.25, 0.3) is 0 Å². The smallest absolute Gasteiger partial charge is 0.241 e. The first-order chi connectivity index (χ1) is 15.2. The van der Waals surface area contributed by atoms with Crippen LogP contribution in [0, 0.1) is 0 Å². The number of nitrogens with two attached hydrogens (primary N) is 1. The number of nitrogens with zero attached hydrogens (tertiary/aromatic N) is 6. The SMILES string of the molecule is NC(=O)/C=C/c1c(-c2c(-c3ccn(C4CC4)n3)nc3sccn23)ccc2ncncc12. The summed E-state index contributed by atoms with van der Waals surface area (Å²) in [6, 6.07) is 6.45. The van der Waals surface area contributed by atoms with E-state index < -0.39 is 5.91 Å².